The topological polar surface area (TPSA) is 9.23 Å². The molecular formula is C13H7Cl2F3O. The zero-order valence-corrected chi connectivity index (χ0v) is 10.9. The fraction of sp³-hybridized carbons (Fsp3) is 0.0769. The summed E-state index contributed by atoms with van der Waals surface area (Å²) in [6, 6.07) is 7.96. The van der Waals surface area contributed by atoms with Crippen LogP contribution >= 0.6 is 23.2 Å². The average Bonchev–Trinajstić information content (AvgIpc) is 2.25. The van der Waals surface area contributed by atoms with E-state index >= 15 is 0 Å². The zero-order chi connectivity index (χ0) is 14.0. The summed E-state index contributed by atoms with van der Waals surface area (Å²) in [5, 5.41) is 0.728. The van der Waals surface area contributed by atoms with Gasteiger partial charge in [0.1, 0.15) is 11.6 Å². The summed E-state index contributed by atoms with van der Waals surface area (Å²) in [4.78, 5) is 0. The van der Waals surface area contributed by atoms with Gasteiger partial charge in [-0.05, 0) is 41.5 Å². The fourth-order valence-electron chi connectivity index (χ4n) is 1.62. The molecule has 0 saturated heterocycles. The van der Waals surface area contributed by atoms with Crippen LogP contribution in [0.2, 0.25) is 10.0 Å². The molecule has 19 heavy (non-hydrogen) atoms. The predicted octanol–water partition coefficient (Wildman–Crippen LogP) is 5.40. The molecule has 1 nitrogen and oxygen atoms in total. The fourth-order valence-corrected chi connectivity index (χ4v) is 2.15. The lowest BCUT2D eigenvalue weighted by Crippen LogP contribution is -2.02. The van der Waals surface area contributed by atoms with Gasteiger partial charge >= 0.3 is 6.61 Å². The van der Waals surface area contributed by atoms with E-state index in [0.29, 0.717) is 21.2 Å². The minimum absolute atomic E-state index is 0.263. The van der Waals surface area contributed by atoms with Crippen LogP contribution in [-0.4, -0.2) is 6.61 Å². The van der Waals surface area contributed by atoms with Gasteiger partial charge in [-0.25, -0.2) is 4.39 Å². The van der Waals surface area contributed by atoms with Crippen molar-refractivity contribution >= 4 is 23.2 Å². The Hall–Kier alpha value is -1.39. The molecule has 0 heterocycles. The molecule has 0 atom stereocenters. The van der Waals surface area contributed by atoms with Crippen LogP contribution in [0.5, 0.6) is 5.75 Å². The molecule has 0 saturated carbocycles. The van der Waals surface area contributed by atoms with Crippen LogP contribution in [0.4, 0.5) is 13.2 Å². The number of halogens is 5. The molecule has 0 aliphatic carbocycles. The van der Waals surface area contributed by atoms with E-state index in [1.807, 2.05) is 0 Å². The van der Waals surface area contributed by atoms with E-state index in [4.69, 9.17) is 23.2 Å². The second kappa shape index (κ2) is 5.72. The van der Waals surface area contributed by atoms with Crippen molar-refractivity contribution in [3.63, 3.8) is 0 Å². The van der Waals surface area contributed by atoms with Gasteiger partial charge in [-0.1, -0.05) is 23.2 Å². The van der Waals surface area contributed by atoms with Crippen LogP contribution in [0.25, 0.3) is 11.1 Å². The number of rotatable bonds is 3. The summed E-state index contributed by atoms with van der Waals surface area (Å²) in [6.45, 7) is -3.02. The van der Waals surface area contributed by atoms with Gasteiger partial charge in [-0.2, -0.15) is 8.78 Å². The second-order valence-corrected chi connectivity index (χ2v) is 4.59. The van der Waals surface area contributed by atoms with E-state index in [1.165, 1.54) is 18.2 Å². The highest BCUT2D eigenvalue weighted by molar-refractivity contribution is 6.35. The van der Waals surface area contributed by atoms with Crippen LogP contribution in [0, 0.1) is 5.82 Å². The Morgan fingerprint density at radius 1 is 0.842 bits per heavy atom. The number of ether oxygens (including phenoxy) is 1. The van der Waals surface area contributed by atoms with Crippen molar-refractivity contribution < 1.29 is 17.9 Å². The highest BCUT2D eigenvalue weighted by atomic mass is 35.5. The Bertz CT molecular complexity index is 582. The molecule has 2 aromatic rings. The maximum absolute atomic E-state index is 13.4. The van der Waals surface area contributed by atoms with Crippen molar-refractivity contribution in [2.24, 2.45) is 0 Å². The van der Waals surface area contributed by atoms with Crippen LogP contribution in [-0.2, 0) is 0 Å². The minimum Gasteiger partial charge on any atom is -0.435 e. The first-order valence-electron chi connectivity index (χ1n) is 5.16. The molecule has 0 spiro atoms. The minimum atomic E-state index is -3.02. The summed E-state index contributed by atoms with van der Waals surface area (Å²) in [7, 11) is 0. The third-order valence-electron chi connectivity index (χ3n) is 2.29. The maximum Gasteiger partial charge on any atom is 0.387 e. The molecule has 0 fully saturated rings. The molecule has 2 aromatic carbocycles. The van der Waals surface area contributed by atoms with Crippen molar-refractivity contribution in [2.45, 2.75) is 6.61 Å². The number of hydrogen-bond donors (Lipinski definition) is 0. The summed E-state index contributed by atoms with van der Waals surface area (Å²) in [6.07, 6.45) is 0. The Labute approximate surface area is 117 Å². The van der Waals surface area contributed by atoms with Gasteiger partial charge in [0.15, 0.2) is 0 Å². The van der Waals surface area contributed by atoms with E-state index in [9.17, 15) is 13.2 Å². The van der Waals surface area contributed by atoms with Gasteiger partial charge in [0.25, 0.3) is 0 Å². The second-order valence-electron chi connectivity index (χ2n) is 3.71. The molecule has 2 rings (SSSR count). The Morgan fingerprint density at radius 3 is 2.00 bits per heavy atom. The predicted molar refractivity (Wildman–Crippen MR) is 68.5 cm³/mol. The van der Waals surface area contributed by atoms with Gasteiger partial charge in [0.2, 0.25) is 0 Å². The Balaban J connectivity index is 2.46. The van der Waals surface area contributed by atoms with E-state index in [-0.39, 0.29) is 5.75 Å². The molecule has 0 unspecified atom stereocenters. The van der Waals surface area contributed by atoms with E-state index in [2.05, 4.69) is 4.74 Å². The zero-order valence-electron chi connectivity index (χ0n) is 9.34. The van der Waals surface area contributed by atoms with Gasteiger partial charge in [0.05, 0.1) is 0 Å². The summed E-state index contributed by atoms with van der Waals surface area (Å²) < 4.78 is 41.8. The molecule has 0 radical (unpaired) electrons. The summed E-state index contributed by atoms with van der Waals surface area (Å²) >= 11 is 11.7. The van der Waals surface area contributed by atoms with Gasteiger partial charge < -0.3 is 4.74 Å². The van der Waals surface area contributed by atoms with Gasteiger partial charge in [0, 0.05) is 16.1 Å². The first-order valence-corrected chi connectivity index (χ1v) is 5.91. The van der Waals surface area contributed by atoms with Crippen LogP contribution < -0.4 is 4.74 Å². The Morgan fingerprint density at radius 2 is 1.42 bits per heavy atom. The molecule has 100 valence electrons. The van der Waals surface area contributed by atoms with Crippen LogP contribution in [0.3, 0.4) is 0 Å². The lowest BCUT2D eigenvalue weighted by atomic mass is 10.1. The third-order valence-corrected chi connectivity index (χ3v) is 2.73. The van der Waals surface area contributed by atoms with E-state index in [0.717, 1.165) is 6.07 Å². The molecular weight excluding hydrogens is 300 g/mol. The van der Waals surface area contributed by atoms with Crippen LogP contribution in [0.15, 0.2) is 36.4 Å². The maximum atomic E-state index is 13.4. The SMILES string of the molecule is Fc1cc(OC(F)F)cc(-c2cc(Cl)cc(Cl)c2)c1. The largest absolute Gasteiger partial charge is 0.435 e. The molecule has 0 aliphatic heterocycles. The van der Waals surface area contributed by atoms with E-state index < -0.39 is 12.4 Å². The highest BCUT2D eigenvalue weighted by Crippen LogP contribution is 2.30. The molecule has 0 N–H and O–H groups in total. The quantitative estimate of drug-likeness (QED) is 0.737. The number of benzene rings is 2. The van der Waals surface area contributed by atoms with Crippen molar-refractivity contribution in [3.05, 3.63) is 52.3 Å². The third kappa shape index (κ3) is 3.78. The molecule has 0 aliphatic rings. The van der Waals surface area contributed by atoms with Crippen molar-refractivity contribution in [3.8, 4) is 16.9 Å². The smallest absolute Gasteiger partial charge is 0.387 e. The molecule has 0 aromatic heterocycles. The lowest BCUT2D eigenvalue weighted by Gasteiger charge is -2.08. The molecule has 0 amide bonds. The summed E-state index contributed by atoms with van der Waals surface area (Å²) in [5.41, 5.74) is 0.858. The molecule has 6 heteroatoms. The normalized spacial score (nSPS) is 10.8. The first kappa shape index (κ1) is 14.0. The molecule has 0 bridgehead atoms. The number of hydrogen-bond acceptors (Lipinski definition) is 1. The number of alkyl halides is 2. The van der Waals surface area contributed by atoms with Crippen LogP contribution in [0.1, 0.15) is 0 Å². The van der Waals surface area contributed by atoms with Gasteiger partial charge in [-0.3, -0.25) is 0 Å². The monoisotopic (exact) mass is 306 g/mol. The Kier molecular flexibility index (Phi) is 4.22. The van der Waals surface area contributed by atoms with Gasteiger partial charge in [-0.15, -0.1) is 0 Å². The highest BCUT2D eigenvalue weighted by Gasteiger charge is 2.09. The lowest BCUT2D eigenvalue weighted by molar-refractivity contribution is -0.0499. The van der Waals surface area contributed by atoms with E-state index in [1.54, 1.807) is 12.1 Å². The van der Waals surface area contributed by atoms with Crippen molar-refractivity contribution in [2.75, 3.05) is 0 Å². The van der Waals surface area contributed by atoms with Crippen molar-refractivity contribution in [1.29, 1.82) is 0 Å². The first-order chi connectivity index (χ1) is 8.94. The van der Waals surface area contributed by atoms with Crippen molar-refractivity contribution in [1.82, 2.24) is 0 Å². The average molecular weight is 307 g/mol. The standard InChI is InChI=1S/C13H7Cl2F3O/c14-9-1-7(2-10(15)5-9)8-3-11(16)6-12(4-8)19-13(17)18/h1-6,13H. The summed E-state index contributed by atoms with van der Waals surface area (Å²) in [5.74, 6) is -0.953.